The Labute approximate surface area is 155 Å². The summed E-state index contributed by atoms with van der Waals surface area (Å²) in [5.41, 5.74) is 3.03. The summed E-state index contributed by atoms with van der Waals surface area (Å²) in [6.07, 6.45) is 0. The third-order valence-corrected chi connectivity index (χ3v) is 4.44. The van der Waals surface area contributed by atoms with E-state index in [4.69, 9.17) is 9.47 Å². The average molecular weight is 369 g/mol. The van der Waals surface area contributed by atoms with Crippen molar-refractivity contribution in [3.05, 3.63) is 59.1 Å². The molecule has 0 saturated heterocycles. The highest BCUT2D eigenvalue weighted by Gasteiger charge is 2.12. The number of rotatable bonds is 6. The normalized spacial score (nSPS) is 10.3. The lowest BCUT2D eigenvalue weighted by Gasteiger charge is -2.09. The molecule has 26 heavy (non-hydrogen) atoms. The van der Waals surface area contributed by atoms with Crippen LogP contribution in [0.25, 0.3) is 0 Å². The maximum Gasteiger partial charge on any atom is 0.275 e. The molecule has 0 aliphatic carbocycles. The van der Waals surface area contributed by atoms with E-state index >= 15 is 0 Å². The Balaban J connectivity index is 1.69. The van der Waals surface area contributed by atoms with Crippen molar-refractivity contribution in [3.63, 3.8) is 0 Å². The van der Waals surface area contributed by atoms with Gasteiger partial charge in [-0.25, -0.2) is 4.98 Å². The molecule has 1 aromatic heterocycles. The van der Waals surface area contributed by atoms with Gasteiger partial charge in [0, 0.05) is 22.8 Å². The van der Waals surface area contributed by atoms with Gasteiger partial charge in [0.1, 0.15) is 5.69 Å². The molecule has 0 atom stereocenters. The quantitative estimate of drug-likeness (QED) is 0.671. The van der Waals surface area contributed by atoms with E-state index < -0.39 is 0 Å². The van der Waals surface area contributed by atoms with Gasteiger partial charge in [0.15, 0.2) is 16.6 Å². The van der Waals surface area contributed by atoms with Crippen molar-refractivity contribution >= 4 is 33.8 Å². The zero-order valence-electron chi connectivity index (χ0n) is 14.7. The van der Waals surface area contributed by atoms with E-state index in [1.165, 1.54) is 11.3 Å². The van der Waals surface area contributed by atoms with Crippen LogP contribution in [0.15, 0.2) is 47.8 Å². The van der Waals surface area contributed by atoms with Crippen molar-refractivity contribution < 1.29 is 14.3 Å². The first-order chi connectivity index (χ1) is 12.6. The Bertz CT molecular complexity index is 907. The highest BCUT2D eigenvalue weighted by Crippen LogP contribution is 2.31. The van der Waals surface area contributed by atoms with Crippen LogP contribution in [0.3, 0.4) is 0 Å². The number of anilines is 3. The highest BCUT2D eigenvalue weighted by molar-refractivity contribution is 7.14. The second-order valence-electron chi connectivity index (χ2n) is 5.55. The summed E-state index contributed by atoms with van der Waals surface area (Å²) in [6, 6.07) is 13.1. The number of nitrogens with zero attached hydrogens (tertiary/aromatic N) is 1. The number of hydrogen-bond acceptors (Lipinski definition) is 6. The molecular formula is C19H19N3O3S. The summed E-state index contributed by atoms with van der Waals surface area (Å²) in [7, 11) is 3.17. The Hall–Kier alpha value is -3.06. The number of aryl methyl sites for hydroxylation is 1. The van der Waals surface area contributed by atoms with Crippen LogP contribution in [0, 0.1) is 6.92 Å². The van der Waals surface area contributed by atoms with E-state index in [9.17, 15) is 4.79 Å². The van der Waals surface area contributed by atoms with Gasteiger partial charge in [0.2, 0.25) is 0 Å². The first kappa shape index (κ1) is 17.8. The predicted molar refractivity (Wildman–Crippen MR) is 104 cm³/mol. The molecule has 6 nitrogen and oxygen atoms in total. The van der Waals surface area contributed by atoms with Crippen molar-refractivity contribution in [1.82, 2.24) is 4.98 Å². The number of carbonyl (C=O) groups excluding carboxylic acids is 1. The number of amides is 1. The smallest absolute Gasteiger partial charge is 0.275 e. The lowest BCUT2D eigenvalue weighted by molar-refractivity contribution is 0.102. The Morgan fingerprint density at radius 2 is 1.69 bits per heavy atom. The topological polar surface area (TPSA) is 72.5 Å². The second kappa shape index (κ2) is 7.88. The van der Waals surface area contributed by atoms with Gasteiger partial charge >= 0.3 is 0 Å². The summed E-state index contributed by atoms with van der Waals surface area (Å²) in [5, 5.41) is 8.34. The van der Waals surface area contributed by atoms with Gasteiger partial charge in [-0.05, 0) is 31.2 Å². The number of thiazole rings is 1. The maximum atomic E-state index is 12.3. The second-order valence-corrected chi connectivity index (χ2v) is 6.41. The molecule has 0 aliphatic rings. The fraction of sp³-hybridized carbons (Fsp3) is 0.158. The van der Waals surface area contributed by atoms with E-state index in [1.54, 1.807) is 25.7 Å². The maximum absolute atomic E-state index is 12.3. The minimum Gasteiger partial charge on any atom is -0.493 e. The Morgan fingerprint density at radius 1 is 1.00 bits per heavy atom. The SMILES string of the molecule is COc1ccc(Nc2nc(C(=O)Nc3ccc(C)cc3)cs2)cc1OC. The van der Waals surface area contributed by atoms with E-state index in [2.05, 4.69) is 15.6 Å². The molecule has 3 rings (SSSR count). The molecule has 0 radical (unpaired) electrons. The average Bonchev–Trinajstić information content (AvgIpc) is 3.12. The number of ether oxygens (including phenoxy) is 2. The number of nitrogens with one attached hydrogen (secondary N) is 2. The van der Waals surface area contributed by atoms with Crippen molar-refractivity contribution in [3.8, 4) is 11.5 Å². The monoisotopic (exact) mass is 369 g/mol. The molecule has 1 heterocycles. The fourth-order valence-electron chi connectivity index (χ4n) is 2.30. The van der Waals surface area contributed by atoms with Crippen molar-refractivity contribution in [1.29, 1.82) is 0 Å². The van der Waals surface area contributed by atoms with Gasteiger partial charge in [-0.15, -0.1) is 11.3 Å². The van der Waals surface area contributed by atoms with E-state index in [0.29, 0.717) is 22.3 Å². The molecule has 1 amide bonds. The van der Waals surface area contributed by atoms with Crippen molar-refractivity contribution in [2.45, 2.75) is 6.92 Å². The van der Waals surface area contributed by atoms with Crippen LogP contribution in [0.2, 0.25) is 0 Å². The largest absolute Gasteiger partial charge is 0.493 e. The van der Waals surface area contributed by atoms with E-state index in [0.717, 1.165) is 16.9 Å². The van der Waals surface area contributed by atoms with Crippen LogP contribution in [-0.2, 0) is 0 Å². The number of aromatic nitrogens is 1. The number of benzene rings is 2. The third-order valence-electron chi connectivity index (χ3n) is 3.68. The van der Waals surface area contributed by atoms with Crippen LogP contribution >= 0.6 is 11.3 Å². The molecule has 0 spiro atoms. The lowest BCUT2D eigenvalue weighted by Crippen LogP contribution is -2.12. The summed E-state index contributed by atoms with van der Waals surface area (Å²) in [4.78, 5) is 16.7. The van der Waals surface area contributed by atoms with Crippen molar-refractivity contribution in [2.75, 3.05) is 24.9 Å². The first-order valence-corrected chi connectivity index (χ1v) is 8.79. The minimum atomic E-state index is -0.245. The van der Waals surface area contributed by atoms with Crippen LogP contribution < -0.4 is 20.1 Å². The molecule has 0 aliphatic heterocycles. The van der Waals surface area contributed by atoms with E-state index in [-0.39, 0.29) is 5.91 Å². The van der Waals surface area contributed by atoms with Crippen LogP contribution in [0.1, 0.15) is 16.1 Å². The van der Waals surface area contributed by atoms with Gasteiger partial charge in [0.25, 0.3) is 5.91 Å². The molecule has 0 bridgehead atoms. The Kier molecular flexibility index (Phi) is 5.38. The first-order valence-electron chi connectivity index (χ1n) is 7.91. The molecule has 0 fully saturated rings. The third kappa shape index (κ3) is 4.12. The van der Waals surface area contributed by atoms with Crippen LogP contribution in [0.5, 0.6) is 11.5 Å². The van der Waals surface area contributed by atoms with Crippen molar-refractivity contribution in [2.24, 2.45) is 0 Å². The number of methoxy groups -OCH3 is 2. The molecule has 0 unspecified atom stereocenters. The standard InChI is InChI=1S/C19H19N3O3S/c1-12-4-6-13(7-5-12)20-18(23)15-11-26-19(22-15)21-14-8-9-16(24-2)17(10-14)25-3/h4-11H,1-3H3,(H,20,23)(H,21,22). The minimum absolute atomic E-state index is 0.245. The predicted octanol–water partition coefficient (Wildman–Crippen LogP) is 4.46. The summed E-state index contributed by atoms with van der Waals surface area (Å²) in [5.74, 6) is 1.02. The number of hydrogen-bond donors (Lipinski definition) is 2. The Morgan fingerprint density at radius 3 is 2.38 bits per heavy atom. The van der Waals surface area contributed by atoms with Crippen LogP contribution in [0.4, 0.5) is 16.5 Å². The lowest BCUT2D eigenvalue weighted by atomic mass is 10.2. The zero-order chi connectivity index (χ0) is 18.5. The molecular weight excluding hydrogens is 350 g/mol. The van der Waals surface area contributed by atoms with Gasteiger partial charge in [-0.2, -0.15) is 0 Å². The van der Waals surface area contributed by atoms with Gasteiger partial charge in [0.05, 0.1) is 14.2 Å². The molecule has 2 N–H and O–H groups in total. The summed E-state index contributed by atoms with van der Waals surface area (Å²) >= 11 is 1.35. The zero-order valence-corrected chi connectivity index (χ0v) is 15.5. The highest BCUT2D eigenvalue weighted by atomic mass is 32.1. The molecule has 7 heteroatoms. The van der Waals surface area contributed by atoms with Gasteiger partial charge < -0.3 is 20.1 Å². The van der Waals surface area contributed by atoms with Gasteiger partial charge in [-0.3, -0.25) is 4.79 Å². The number of carbonyl (C=O) groups is 1. The van der Waals surface area contributed by atoms with Crippen LogP contribution in [-0.4, -0.2) is 25.1 Å². The van der Waals surface area contributed by atoms with E-state index in [1.807, 2.05) is 43.3 Å². The summed E-state index contributed by atoms with van der Waals surface area (Å²) < 4.78 is 10.5. The molecule has 134 valence electrons. The van der Waals surface area contributed by atoms with Gasteiger partial charge in [-0.1, -0.05) is 17.7 Å². The fourth-order valence-corrected chi connectivity index (χ4v) is 3.02. The molecule has 2 aromatic carbocycles. The molecule has 3 aromatic rings. The summed E-state index contributed by atoms with van der Waals surface area (Å²) in [6.45, 7) is 2.00. The molecule has 0 saturated carbocycles.